The van der Waals surface area contributed by atoms with Crippen LogP contribution in [-0.4, -0.2) is 73.5 Å². The van der Waals surface area contributed by atoms with Gasteiger partial charge in [-0.05, 0) is 43.0 Å². The highest BCUT2D eigenvalue weighted by atomic mass is 19.1. The molecular formula is C34H35F2N7O4. The molecule has 1 N–H and O–H groups in total. The number of carbonyl (C=O) groups excluding carboxylic acids is 2. The SMILES string of the molecule is [2H]C([2H])([2H])N1C(=O)[C@H]2CN(C(=O)C=C)[C@H](C)CN2c2c1c(=O)n(-c1c(C(C)C)ncnc1C(C)C)c1nc(-c3c(O)cccc3F)c(F)cc21. The topological polar surface area (TPSA) is 125 Å². The molecular weight excluding hydrogens is 608 g/mol. The number of amides is 2. The second-order valence-electron chi connectivity index (χ2n) is 12.3. The molecule has 13 heteroatoms. The highest BCUT2D eigenvalue weighted by molar-refractivity contribution is 6.12. The summed E-state index contributed by atoms with van der Waals surface area (Å²) in [5, 5.41) is 10.6. The van der Waals surface area contributed by atoms with Crippen LogP contribution in [0.25, 0.3) is 28.0 Å². The van der Waals surface area contributed by atoms with Gasteiger partial charge in [0, 0.05) is 29.1 Å². The third kappa shape index (κ3) is 4.83. The van der Waals surface area contributed by atoms with Crippen LogP contribution in [0.4, 0.5) is 20.2 Å². The standard InChI is InChI=1S/C34H35F2N7O4/c1-8-24(45)41-14-22-33(46)40(7)31-29(42(22)13-18(41)6)19-12-21(36)28(25-20(35)10-9-11-23(25)44)39-32(19)43(34(31)47)30-26(16(2)3)37-15-38-27(30)17(4)5/h8-12,15-18,22,44H,1,13-14H2,2-7H3/t18-,22-/m1/s1/i7D3. The number of phenols is 1. The van der Waals surface area contributed by atoms with Gasteiger partial charge in [0.25, 0.3) is 11.5 Å². The van der Waals surface area contributed by atoms with Gasteiger partial charge >= 0.3 is 0 Å². The number of pyridine rings is 2. The fraction of sp³-hybridized carbons (Fsp3) is 0.353. The first kappa shape index (κ1) is 28.1. The lowest BCUT2D eigenvalue weighted by atomic mass is 9.97. The van der Waals surface area contributed by atoms with Crippen molar-refractivity contribution in [1.82, 2.24) is 24.4 Å². The number of hydrogen-bond donors (Lipinski definition) is 1. The summed E-state index contributed by atoms with van der Waals surface area (Å²) in [6.45, 7) is 9.05. The van der Waals surface area contributed by atoms with E-state index in [0.29, 0.717) is 16.3 Å². The molecule has 47 heavy (non-hydrogen) atoms. The first-order valence-electron chi connectivity index (χ1n) is 16.7. The molecule has 1 fully saturated rings. The number of anilines is 2. The number of halogens is 2. The van der Waals surface area contributed by atoms with Gasteiger partial charge < -0.3 is 19.8 Å². The summed E-state index contributed by atoms with van der Waals surface area (Å²) in [4.78, 5) is 58.9. The van der Waals surface area contributed by atoms with E-state index < -0.39 is 70.8 Å². The van der Waals surface area contributed by atoms with Crippen molar-refractivity contribution in [3.8, 4) is 22.7 Å². The molecule has 0 aliphatic carbocycles. The van der Waals surface area contributed by atoms with Gasteiger partial charge in [-0.3, -0.25) is 19.0 Å². The van der Waals surface area contributed by atoms with Crippen LogP contribution in [0.3, 0.4) is 0 Å². The smallest absolute Gasteiger partial charge is 0.283 e. The average molecular weight is 647 g/mol. The lowest BCUT2D eigenvalue weighted by Crippen LogP contribution is -2.66. The number of fused-ring (bicyclic) bond motifs is 5. The zero-order valence-electron chi connectivity index (χ0n) is 29.5. The molecule has 2 aliphatic rings. The van der Waals surface area contributed by atoms with E-state index >= 15 is 13.6 Å². The van der Waals surface area contributed by atoms with Gasteiger partial charge in [0.15, 0.2) is 11.5 Å². The van der Waals surface area contributed by atoms with Crippen LogP contribution in [0.5, 0.6) is 5.75 Å². The van der Waals surface area contributed by atoms with Gasteiger partial charge in [-0.15, -0.1) is 0 Å². The maximum absolute atomic E-state index is 16.4. The highest BCUT2D eigenvalue weighted by Gasteiger charge is 2.46. The Balaban J connectivity index is 1.84. The predicted molar refractivity (Wildman–Crippen MR) is 174 cm³/mol. The minimum Gasteiger partial charge on any atom is -0.507 e. The van der Waals surface area contributed by atoms with E-state index in [1.165, 1.54) is 22.2 Å². The lowest BCUT2D eigenvalue weighted by molar-refractivity contribution is -0.130. The van der Waals surface area contributed by atoms with Crippen molar-refractivity contribution >= 4 is 34.2 Å². The number of benzene rings is 1. The molecule has 4 aromatic rings. The maximum atomic E-state index is 16.4. The van der Waals surface area contributed by atoms with Gasteiger partial charge in [-0.2, -0.15) is 0 Å². The Morgan fingerprint density at radius 1 is 1.06 bits per heavy atom. The van der Waals surface area contributed by atoms with Gasteiger partial charge in [0.05, 0.1) is 34.9 Å². The third-order valence-corrected chi connectivity index (χ3v) is 8.69. The summed E-state index contributed by atoms with van der Waals surface area (Å²) in [5.41, 5.74) is -2.12. The number of piperazine rings is 1. The number of hydrogen-bond acceptors (Lipinski definition) is 8. The highest BCUT2D eigenvalue weighted by Crippen LogP contribution is 2.44. The molecule has 0 radical (unpaired) electrons. The molecule has 5 heterocycles. The summed E-state index contributed by atoms with van der Waals surface area (Å²) in [7, 11) is 0. The number of phenolic OH excluding ortho intramolecular Hbond substituents is 1. The van der Waals surface area contributed by atoms with Crippen molar-refractivity contribution < 1.29 is 27.6 Å². The van der Waals surface area contributed by atoms with E-state index in [1.54, 1.807) is 6.92 Å². The molecule has 0 saturated carbocycles. The fourth-order valence-electron chi connectivity index (χ4n) is 6.48. The first-order valence-corrected chi connectivity index (χ1v) is 15.2. The molecule has 11 nitrogen and oxygen atoms in total. The van der Waals surface area contributed by atoms with Gasteiger partial charge in [-0.25, -0.2) is 23.7 Å². The molecule has 1 saturated heterocycles. The monoisotopic (exact) mass is 646 g/mol. The molecule has 2 amide bonds. The van der Waals surface area contributed by atoms with Crippen molar-refractivity contribution in [2.45, 2.75) is 58.5 Å². The fourth-order valence-corrected chi connectivity index (χ4v) is 6.48. The summed E-state index contributed by atoms with van der Waals surface area (Å²) < 4.78 is 58.0. The molecule has 1 aromatic carbocycles. The number of carbonyl (C=O) groups is 2. The van der Waals surface area contributed by atoms with E-state index in [-0.39, 0.29) is 47.3 Å². The Kier molecular flexibility index (Phi) is 6.90. The van der Waals surface area contributed by atoms with Crippen LogP contribution in [0, 0.1) is 11.6 Å². The normalized spacial score (nSPS) is 19.0. The summed E-state index contributed by atoms with van der Waals surface area (Å²) >= 11 is 0. The molecule has 3 aromatic heterocycles. The zero-order valence-corrected chi connectivity index (χ0v) is 26.5. The molecule has 244 valence electrons. The van der Waals surface area contributed by atoms with Crippen molar-refractivity contribution in [3.63, 3.8) is 0 Å². The van der Waals surface area contributed by atoms with Crippen LogP contribution in [0.15, 0.2) is 48.0 Å². The van der Waals surface area contributed by atoms with E-state index in [2.05, 4.69) is 21.5 Å². The van der Waals surface area contributed by atoms with E-state index in [0.717, 1.165) is 28.8 Å². The molecule has 0 unspecified atom stereocenters. The average Bonchev–Trinajstić information content (AvgIpc) is 3.04. The second kappa shape index (κ2) is 11.6. The van der Waals surface area contributed by atoms with Gasteiger partial charge in [-0.1, -0.05) is 40.3 Å². The first-order chi connectivity index (χ1) is 23.5. The number of aromatic hydroxyl groups is 1. The van der Waals surface area contributed by atoms with Gasteiger partial charge in [0.1, 0.15) is 35.3 Å². The van der Waals surface area contributed by atoms with Gasteiger partial charge in [0.2, 0.25) is 5.91 Å². The Morgan fingerprint density at radius 3 is 2.34 bits per heavy atom. The van der Waals surface area contributed by atoms with E-state index in [9.17, 15) is 14.7 Å². The third-order valence-electron chi connectivity index (χ3n) is 8.69. The zero-order chi connectivity index (χ0) is 36.6. The number of aromatic nitrogens is 4. The lowest BCUT2D eigenvalue weighted by Gasteiger charge is -2.49. The molecule has 6 rings (SSSR count). The largest absolute Gasteiger partial charge is 0.507 e. The molecule has 0 spiro atoms. The molecule has 0 bridgehead atoms. The number of nitrogens with zero attached hydrogens (tertiary/aromatic N) is 7. The summed E-state index contributed by atoms with van der Waals surface area (Å²) in [5.74, 6) is -4.76. The second-order valence-corrected chi connectivity index (χ2v) is 12.3. The van der Waals surface area contributed by atoms with Crippen LogP contribution < -0.4 is 15.4 Å². The van der Waals surface area contributed by atoms with Crippen molar-refractivity contribution in [1.29, 1.82) is 0 Å². The minimum atomic E-state index is -3.20. The number of rotatable bonds is 5. The Morgan fingerprint density at radius 2 is 1.74 bits per heavy atom. The summed E-state index contributed by atoms with van der Waals surface area (Å²) in [6, 6.07) is 2.58. The van der Waals surface area contributed by atoms with Crippen molar-refractivity contribution in [2.75, 3.05) is 29.9 Å². The van der Waals surface area contributed by atoms with Crippen molar-refractivity contribution in [2.24, 2.45) is 0 Å². The predicted octanol–water partition coefficient (Wildman–Crippen LogP) is 4.64. The van der Waals surface area contributed by atoms with Crippen LogP contribution in [0.2, 0.25) is 0 Å². The van der Waals surface area contributed by atoms with Crippen LogP contribution in [-0.2, 0) is 9.59 Å². The Labute approximate surface area is 274 Å². The summed E-state index contributed by atoms with van der Waals surface area (Å²) in [6.07, 6.45) is 2.42. The Hall–Kier alpha value is -5.20. The molecule has 2 atom stereocenters. The maximum Gasteiger partial charge on any atom is 0.283 e. The van der Waals surface area contributed by atoms with E-state index in [1.807, 2.05) is 27.7 Å². The Bertz CT molecular complexity index is 2110. The van der Waals surface area contributed by atoms with Crippen LogP contribution in [0.1, 0.15) is 62.0 Å². The number of likely N-dealkylation sites (N-methyl/N-ethyl adjacent to an activating group) is 1. The van der Waals surface area contributed by atoms with E-state index in [4.69, 9.17) is 4.11 Å². The van der Waals surface area contributed by atoms with Crippen LogP contribution >= 0.6 is 0 Å². The minimum absolute atomic E-state index is 0.0449. The molecule has 2 aliphatic heterocycles. The quantitative estimate of drug-likeness (QED) is 0.311. The van der Waals surface area contributed by atoms with Crippen molar-refractivity contribution in [3.05, 3.63) is 76.6 Å².